The summed E-state index contributed by atoms with van der Waals surface area (Å²) in [6.07, 6.45) is 3.83. The fraction of sp³-hybridized carbons (Fsp3) is 0.400. The standard InChI is InChI=1S/C10H10OS/c1-12-10-6-9(10)11-8-5-3-2-4-7(8)10/h2-5,9H,6H2,1H3. The molecule has 2 heteroatoms. The van der Waals surface area contributed by atoms with Crippen LogP contribution in [0.25, 0.3) is 0 Å². The second-order valence-electron chi connectivity index (χ2n) is 3.40. The van der Waals surface area contributed by atoms with Crippen molar-refractivity contribution in [3.05, 3.63) is 29.8 Å². The van der Waals surface area contributed by atoms with Crippen molar-refractivity contribution in [1.29, 1.82) is 0 Å². The summed E-state index contributed by atoms with van der Waals surface area (Å²) in [7, 11) is 0. The maximum absolute atomic E-state index is 5.75. The number of hydrogen-bond acceptors (Lipinski definition) is 2. The summed E-state index contributed by atoms with van der Waals surface area (Å²) in [4.78, 5) is 0. The lowest BCUT2D eigenvalue weighted by Crippen LogP contribution is -2.01. The van der Waals surface area contributed by atoms with E-state index < -0.39 is 0 Å². The molecule has 1 aromatic carbocycles. The quantitative estimate of drug-likeness (QED) is 0.653. The zero-order valence-electron chi connectivity index (χ0n) is 6.91. The number of fused-ring (bicyclic) bond motifs is 3. The molecule has 2 unspecified atom stereocenters. The molecule has 0 aromatic heterocycles. The molecular weight excluding hydrogens is 168 g/mol. The Labute approximate surface area is 76.1 Å². The van der Waals surface area contributed by atoms with Crippen LogP contribution in [-0.2, 0) is 4.75 Å². The second kappa shape index (κ2) is 1.99. The molecule has 1 heterocycles. The Balaban J connectivity index is 2.16. The number of rotatable bonds is 1. The minimum Gasteiger partial charge on any atom is -0.488 e. The normalized spacial score (nSPS) is 35.2. The molecule has 12 heavy (non-hydrogen) atoms. The molecule has 1 aliphatic heterocycles. The van der Waals surface area contributed by atoms with Crippen molar-refractivity contribution in [2.24, 2.45) is 0 Å². The summed E-state index contributed by atoms with van der Waals surface area (Å²) in [6.45, 7) is 0. The summed E-state index contributed by atoms with van der Waals surface area (Å²) in [5, 5.41) is 0. The first kappa shape index (κ1) is 6.84. The van der Waals surface area contributed by atoms with Crippen LogP contribution >= 0.6 is 11.8 Å². The van der Waals surface area contributed by atoms with Crippen molar-refractivity contribution >= 4 is 11.8 Å². The van der Waals surface area contributed by atoms with Crippen LogP contribution in [0.15, 0.2) is 24.3 Å². The molecule has 0 saturated heterocycles. The van der Waals surface area contributed by atoms with Crippen LogP contribution in [0.4, 0.5) is 0 Å². The van der Waals surface area contributed by atoms with Gasteiger partial charge in [0.05, 0.1) is 4.75 Å². The van der Waals surface area contributed by atoms with Gasteiger partial charge in [0.15, 0.2) is 0 Å². The minimum absolute atomic E-state index is 0.330. The molecule has 2 atom stereocenters. The average molecular weight is 178 g/mol. The molecule has 1 aromatic rings. The molecule has 0 radical (unpaired) electrons. The molecular formula is C10H10OS. The fourth-order valence-electron chi connectivity index (χ4n) is 2.03. The topological polar surface area (TPSA) is 9.23 Å². The van der Waals surface area contributed by atoms with Crippen LogP contribution in [0.2, 0.25) is 0 Å². The number of thioether (sulfide) groups is 1. The average Bonchev–Trinajstić information content (AvgIpc) is 2.75. The van der Waals surface area contributed by atoms with Gasteiger partial charge in [-0.15, -0.1) is 11.8 Å². The molecule has 62 valence electrons. The summed E-state index contributed by atoms with van der Waals surface area (Å²) in [5.74, 6) is 1.10. The summed E-state index contributed by atoms with van der Waals surface area (Å²) < 4.78 is 6.08. The van der Waals surface area contributed by atoms with Crippen molar-refractivity contribution in [1.82, 2.24) is 0 Å². The lowest BCUT2D eigenvalue weighted by atomic mass is 10.1. The highest BCUT2D eigenvalue weighted by Crippen LogP contribution is 2.64. The van der Waals surface area contributed by atoms with Gasteiger partial charge in [-0.1, -0.05) is 18.2 Å². The smallest absolute Gasteiger partial charge is 0.124 e. The van der Waals surface area contributed by atoms with Gasteiger partial charge in [-0.3, -0.25) is 0 Å². The molecule has 1 fully saturated rings. The highest BCUT2D eigenvalue weighted by atomic mass is 32.2. The maximum atomic E-state index is 5.75. The lowest BCUT2D eigenvalue weighted by Gasteiger charge is -2.07. The molecule has 1 aliphatic carbocycles. The summed E-state index contributed by atoms with van der Waals surface area (Å²) >= 11 is 1.93. The van der Waals surface area contributed by atoms with E-state index in [0.717, 1.165) is 5.75 Å². The minimum atomic E-state index is 0.330. The molecule has 3 rings (SSSR count). The predicted octanol–water partition coefficient (Wildman–Crippen LogP) is 2.41. The first-order chi connectivity index (χ1) is 5.87. The Morgan fingerprint density at radius 3 is 3.17 bits per heavy atom. The largest absolute Gasteiger partial charge is 0.488 e. The van der Waals surface area contributed by atoms with Crippen molar-refractivity contribution < 1.29 is 4.74 Å². The SMILES string of the molecule is CSC12CC1Oc1ccccc12. The monoisotopic (exact) mass is 178 g/mol. The zero-order valence-corrected chi connectivity index (χ0v) is 7.73. The molecule has 0 amide bonds. The first-order valence-electron chi connectivity index (χ1n) is 4.18. The van der Waals surface area contributed by atoms with Gasteiger partial charge in [0.2, 0.25) is 0 Å². The molecule has 0 N–H and O–H groups in total. The Morgan fingerprint density at radius 1 is 1.50 bits per heavy atom. The Kier molecular flexibility index (Phi) is 1.14. The molecule has 1 saturated carbocycles. The second-order valence-corrected chi connectivity index (χ2v) is 4.54. The Bertz CT molecular complexity index is 332. The first-order valence-corrected chi connectivity index (χ1v) is 5.40. The Morgan fingerprint density at radius 2 is 2.33 bits per heavy atom. The van der Waals surface area contributed by atoms with E-state index in [1.54, 1.807) is 0 Å². The highest BCUT2D eigenvalue weighted by molar-refractivity contribution is 7.99. The number of benzene rings is 1. The molecule has 1 nitrogen and oxygen atoms in total. The third-order valence-electron chi connectivity index (χ3n) is 2.83. The lowest BCUT2D eigenvalue weighted by molar-refractivity contribution is 0.316. The van der Waals surface area contributed by atoms with Crippen LogP contribution in [0.5, 0.6) is 5.75 Å². The van der Waals surface area contributed by atoms with E-state index in [9.17, 15) is 0 Å². The third-order valence-corrected chi connectivity index (χ3v) is 4.20. The maximum Gasteiger partial charge on any atom is 0.124 e. The van der Waals surface area contributed by atoms with Crippen molar-refractivity contribution in [3.63, 3.8) is 0 Å². The van der Waals surface area contributed by atoms with E-state index in [1.165, 1.54) is 12.0 Å². The van der Waals surface area contributed by atoms with E-state index in [0.29, 0.717) is 10.9 Å². The predicted molar refractivity (Wildman–Crippen MR) is 50.7 cm³/mol. The van der Waals surface area contributed by atoms with Gasteiger partial charge in [0, 0.05) is 12.0 Å². The van der Waals surface area contributed by atoms with Crippen LogP contribution in [0.1, 0.15) is 12.0 Å². The van der Waals surface area contributed by atoms with E-state index in [4.69, 9.17) is 4.74 Å². The van der Waals surface area contributed by atoms with Crippen molar-refractivity contribution in [2.45, 2.75) is 17.3 Å². The van der Waals surface area contributed by atoms with Gasteiger partial charge in [-0.25, -0.2) is 0 Å². The van der Waals surface area contributed by atoms with Crippen molar-refractivity contribution in [3.8, 4) is 5.75 Å². The molecule has 2 aliphatic rings. The van der Waals surface area contributed by atoms with Gasteiger partial charge < -0.3 is 4.74 Å². The number of ether oxygens (including phenoxy) is 1. The zero-order chi connectivity index (χ0) is 8.18. The van der Waals surface area contributed by atoms with E-state index >= 15 is 0 Å². The van der Waals surface area contributed by atoms with Gasteiger partial charge >= 0.3 is 0 Å². The summed E-state index contributed by atoms with van der Waals surface area (Å²) in [6, 6.07) is 8.40. The Hall–Kier alpha value is -0.630. The van der Waals surface area contributed by atoms with E-state index in [1.807, 2.05) is 17.8 Å². The van der Waals surface area contributed by atoms with Gasteiger partial charge in [0.25, 0.3) is 0 Å². The van der Waals surface area contributed by atoms with Crippen LogP contribution in [-0.4, -0.2) is 12.4 Å². The van der Waals surface area contributed by atoms with Crippen LogP contribution in [0, 0.1) is 0 Å². The summed E-state index contributed by atoms with van der Waals surface area (Å²) in [5.41, 5.74) is 1.41. The molecule has 0 bridgehead atoms. The van der Waals surface area contributed by atoms with Crippen LogP contribution < -0.4 is 4.74 Å². The van der Waals surface area contributed by atoms with E-state index in [-0.39, 0.29) is 0 Å². The third kappa shape index (κ3) is 0.626. The van der Waals surface area contributed by atoms with E-state index in [2.05, 4.69) is 24.5 Å². The fourth-order valence-corrected chi connectivity index (χ4v) is 3.05. The number of para-hydroxylation sites is 1. The van der Waals surface area contributed by atoms with Crippen LogP contribution in [0.3, 0.4) is 0 Å². The van der Waals surface area contributed by atoms with Gasteiger partial charge in [-0.2, -0.15) is 0 Å². The van der Waals surface area contributed by atoms with Crippen molar-refractivity contribution in [2.75, 3.05) is 6.26 Å². The highest BCUT2D eigenvalue weighted by Gasteiger charge is 2.62. The number of hydrogen-bond donors (Lipinski definition) is 0. The van der Waals surface area contributed by atoms with Gasteiger partial charge in [-0.05, 0) is 12.3 Å². The molecule has 0 spiro atoms. The van der Waals surface area contributed by atoms with Gasteiger partial charge in [0.1, 0.15) is 11.9 Å².